The van der Waals surface area contributed by atoms with E-state index in [9.17, 15) is 9.59 Å². The van der Waals surface area contributed by atoms with Crippen molar-refractivity contribution in [1.82, 2.24) is 14.8 Å². The van der Waals surface area contributed by atoms with Crippen LogP contribution in [-0.4, -0.2) is 47.1 Å². The molecule has 1 saturated carbocycles. The number of benzene rings is 2. The van der Waals surface area contributed by atoms with Crippen LogP contribution >= 0.6 is 0 Å². The lowest BCUT2D eigenvalue weighted by Crippen LogP contribution is -2.64. The fourth-order valence-corrected chi connectivity index (χ4v) is 5.67. The van der Waals surface area contributed by atoms with E-state index in [4.69, 9.17) is 9.47 Å². The monoisotopic (exact) mass is 489 g/mol. The van der Waals surface area contributed by atoms with Crippen LogP contribution in [0.5, 0.6) is 11.5 Å². The third-order valence-corrected chi connectivity index (χ3v) is 7.84. The number of nitrogens with zero attached hydrogens (tertiary/aromatic N) is 2. The first kappa shape index (κ1) is 24.2. The number of aromatic nitrogens is 1. The maximum absolute atomic E-state index is 14.1. The van der Waals surface area contributed by atoms with Gasteiger partial charge >= 0.3 is 0 Å². The Bertz CT molecular complexity index is 1290. The van der Waals surface area contributed by atoms with E-state index in [-0.39, 0.29) is 17.9 Å². The summed E-state index contributed by atoms with van der Waals surface area (Å²) in [6, 6.07) is 13.8. The molecule has 0 bridgehead atoms. The molecule has 5 rings (SSSR count). The number of rotatable bonds is 6. The Labute approximate surface area is 212 Å². The van der Waals surface area contributed by atoms with E-state index in [0.717, 1.165) is 47.7 Å². The first-order valence-electron chi connectivity index (χ1n) is 12.8. The van der Waals surface area contributed by atoms with Crippen LogP contribution in [0.3, 0.4) is 0 Å². The van der Waals surface area contributed by atoms with Crippen molar-refractivity contribution in [3.05, 3.63) is 59.3 Å². The van der Waals surface area contributed by atoms with Gasteiger partial charge in [0.15, 0.2) is 0 Å². The Balaban J connectivity index is 1.61. The minimum atomic E-state index is -1.08. The van der Waals surface area contributed by atoms with E-state index >= 15 is 0 Å². The maximum atomic E-state index is 14.1. The molecule has 1 aliphatic carbocycles. The average molecular weight is 490 g/mol. The maximum Gasteiger partial charge on any atom is 0.271 e. The van der Waals surface area contributed by atoms with E-state index in [1.807, 2.05) is 60.9 Å². The number of methoxy groups -OCH3 is 2. The number of hydrogen-bond donors (Lipinski definition) is 1. The molecule has 2 amide bonds. The summed E-state index contributed by atoms with van der Waals surface area (Å²) in [5.41, 5.74) is 2.37. The van der Waals surface area contributed by atoms with Gasteiger partial charge in [0.2, 0.25) is 5.91 Å². The van der Waals surface area contributed by atoms with Crippen LogP contribution in [0.4, 0.5) is 0 Å². The molecule has 1 atom stereocenters. The second-order valence-electron chi connectivity index (χ2n) is 10.3. The van der Waals surface area contributed by atoms with Crippen LogP contribution in [0.1, 0.15) is 60.6 Å². The summed E-state index contributed by atoms with van der Waals surface area (Å²) in [5, 5.41) is 4.09. The van der Waals surface area contributed by atoms with Crippen molar-refractivity contribution in [3.8, 4) is 11.5 Å². The van der Waals surface area contributed by atoms with Gasteiger partial charge in [-0.3, -0.25) is 9.59 Å². The van der Waals surface area contributed by atoms with E-state index in [0.29, 0.717) is 30.3 Å². The molecule has 3 aromatic rings. The van der Waals surface area contributed by atoms with Crippen molar-refractivity contribution in [2.75, 3.05) is 14.2 Å². The first-order chi connectivity index (χ1) is 17.4. The molecule has 7 heteroatoms. The van der Waals surface area contributed by atoms with Gasteiger partial charge in [0.25, 0.3) is 5.91 Å². The molecule has 1 N–H and O–H groups in total. The Morgan fingerprint density at radius 3 is 2.36 bits per heavy atom. The van der Waals surface area contributed by atoms with Crippen LogP contribution in [0.2, 0.25) is 0 Å². The highest BCUT2D eigenvalue weighted by atomic mass is 16.5. The lowest BCUT2D eigenvalue weighted by Gasteiger charge is -2.45. The van der Waals surface area contributed by atoms with Crippen LogP contribution in [0, 0.1) is 6.92 Å². The second kappa shape index (κ2) is 9.52. The Morgan fingerprint density at radius 1 is 1.03 bits per heavy atom. The van der Waals surface area contributed by atoms with Crippen molar-refractivity contribution in [2.24, 2.45) is 0 Å². The molecule has 0 saturated heterocycles. The van der Waals surface area contributed by atoms with Gasteiger partial charge in [-0.2, -0.15) is 0 Å². The number of carbonyl (C=O) groups excluding carboxylic acids is 2. The normalized spacial score (nSPS) is 20.3. The zero-order valence-electron chi connectivity index (χ0n) is 21.6. The number of fused-ring (bicyclic) bond motifs is 3. The molecule has 1 aromatic heterocycles. The van der Waals surface area contributed by atoms with Crippen molar-refractivity contribution in [3.63, 3.8) is 0 Å². The molecular weight excluding hydrogens is 454 g/mol. The van der Waals surface area contributed by atoms with Gasteiger partial charge in [0, 0.05) is 18.0 Å². The molecule has 0 radical (unpaired) electrons. The van der Waals surface area contributed by atoms with E-state index in [1.165, 1.54) is 6.42 Å². The quantitative estimate of drug-likeness (QED) is 0.538. The fraction of sp³-hybridized carbons (Fsp3) is 0.448. The number of nitrogens with one attached hydrogen (secondary N) is 1. The van der Waals surface area contributed by atoms with Gasteiger partial charge < -0.3 is 24.3 Å². The summed E-state index contributed by atoms with van der Waals surface area (Å²) < 4.78 is 13.2. The summed E-state index contributed by atoms with van der Waals surface area (Å²) in [5.74, 6) is 1.03. The highest BCUT2D eigenvalue weighted by Crippen LogP contribution is 2.40. The summed E-state index contributed by atoms with van der Waals surface area (Å²) in [7, 11) is 3.23. The standard InChI is InChI=1S/C29H35N3O4/c1-19-10-12-20(13-11-19)17-32-27(33)23-16-22-24(35-3)14-15-25(36-4)26(22)31(23)18-29(32,2)28(34)30-21-8-6-5-7-9-21/h10-16,21H,5-9,17-18H2,1-4H3,(H,30,34)/t29-/m1/s1. The third kappa shape index (κ3) is 4.10. The zero-order valence-corrected chi connectivity index (χ0v) is 21.6. The highest BCUT2D eigenvalue weighted by Gasteiger charge is 2.48. The van der Waals surface area contributed by atoms with Gasteiger partial charge in [0.1, 0.15) is 22.7 Å². The van der Waals surface area contributed by atoms with E-state index in [1.54, 1.807) is 19.1 Å². The summed E-state index contributed by atoms with van der Waals surface area (Å²) >= 11 is 0. The molecule has 1 aliphatic heterocycles. The molecule has 0 spiro atoms. The Kier molecular flexibility index (Phi) is 6.41. The van der Waals surface area contributed by atoms with Crippen molar-refractivity contribution in [1.29, 1.82) is 0 Å². The second-order valence-corrected chi connectivity index (χ2v) is 10.3. The molecule has 2 heterocycles. The number of hydrogen-bond acceptors (Lipinski definition) is 4. The van der Waals surface area contributed by atoms with Crippen molar-refractivity contribution in [2.45, 2.75) is 70.6 Å². The SMILES string of the molecule is COc1ccc(OC)c2c1cc1n2C[C@](C)(C(=O)NC2CCCCC2)N(Cc2ccc(C)cc2)C1=O. The summed E-state index contributed by atoms with van der Waals surface area (Å²) in [4.78, 5) is 29.8. The minimum Gasteiger partial charge on any atom is -0.496 e. The summed E-state index contributed by atoms with van der Waals surface area (Å²) in [6.07, 6.45) is 5.42. The number of amides is 2. The van der Waals surface area contributed by atoms with Crippen LogP contribution < -0.4 is 14.8 Å². The van der Waals surface area contributed by atoms with Crippen molar-refractivity contribution >= 4 is 22.7 Å². The van der Waals surface area contributed by atoms with Crippen LogP contribution in [0.15, 0.2) is 42.5 Å². The number of aryl methyl sites for hydroxylation is 1. The van der Waals surface area contributed by atoms with E-state index in [2.05, 4.69) is 5.32 Å². The van der Waals surface area contributed by atoms with E-state index < -0.39 is 5.54 Å². The smallest absolute Gasteiger partial charge is 0.271 e. The highest BCUT2D eigenvalue weighted by molar-refractivity contribution is 6.05. The third-order valence-electron chi connectivity index (χ3n) is 7.84. The lowest BCUT2D eigenvalue weighted by molar-refractivity contribution is -0.134. The Morgan fingerprint density at radius 2 is 1.69 bits per heavy atom. The molecule has 0 unspecified atom stereocenters. The Hall–Kier alpha value is -3.48. The first-order valence-corrected chi connectivity index (χ1v) is 12.8. The lowest BCUT2D eigenvalue weighted by atomic mass is 9.91. The molecule has 2 aromatic carbocycles. The van der Waals surface area contributed by atoms with Gasteiger partial charge in [-0.15, -0.1) is 0 Å². The molecule has 36 heavy (non-hydrogen) atoms. The van der Waals surface area contributed by atoms with Gasteiger partial charge in [-0.25, -0.2) is 0 Å². The summed E-state index contributed by atoms with van der Waals surface area (Å²) in [6.45, 7) is 4.60. The fourth-order valence-electron chi connectivity index (χ4n) is 5.67. The number of ether oxygens (including phenoxy) is 2. The largest absolute Gasteiger partial charge is 0.496 e. The van der Waals surface area contributed by atoms with Crippen molar-refractivity contribution < 1.29 is 19.1 Å². The van der Waals surface area contributed by atoms with Gasteiger partial charge in [0.05, 0.1) is 26.3 Å². The molecule has 1 fully saturated rings. The molecular formula is C29H35N3O4. The van der Waals surface area contributed by atoms with Gasteiger partial charge in [-0.1, -0.05) is 49.1 Å². The van der Waals surface area contributed by atoms with Crippen LogP contribution in [0.25, 0.3) is 10.9 Å². The average Bonchev–Trinajstić information content (AvgIpc) is 3.27. The minimum absolute atomic E-state index is 0.107. The molecule has 7 nitrogen and oxygen atoms in total. The van der Waals surface area contributed by atoms with Gasteiger partial charge in [-0.05, 0) is 50.5 Å². The topological polar surface area (TPSA) is 72.8 Å². The predicted molar refractivity (Wildman–Crippen MR) is 140 cm³/mol. The predicted octanol–water partition coefficient (Wildman–Crippen LogP) is 4.83. The molecule has 190 valence electrons. The molecule has 2 aliphatic rings. The van der Waals surface area contributed by atoms with Crippen LogP contribution in [-0.2, 0) is 17.9 Å². The number of carbonyl (C=O) groups is 2. The zero-order chi connectivity index (χ0) is 25.4.